The SMILES string of the molecule is O=C(NC1CCCCCC1)c1nsc2ccccc12. The van der Waals surface area contributed by atoms with Crippen LogP contribution in [-0.2, 0) is 0 Å². The fourth-order valence-corrected chi connectivity index (χ4v) is 3.50. The predicted molar refractivity (Wildman–Crippen MR) is 78.6 cm³/mol. The van der Waals surface area contributed by atoms with Gasteiger partial charge < -0.3 is 5.32 Å². The van der Waals surface area contributed by atoms with Gasteiger partial charge in [0.15, 0.2) is 0 Å². The van der Waals surface area contributed by atoms with Crippen molar-refractivity contribution < 1.29 is 4.79 Å². The maximum atomic E-state index is 12.3. The Balaban J connectivity index is 1.76. The first-order valence-corrected chi connectivity index (χ1v) is 7.77. The standard InChI is InChI=1S/C15H18N2OS/c18-15(16-11-7-3-1-2-4-8-11)14-12-9-5-6-10-13(12)19-17-14/h5-6,9-11H,1-4,7-8H2,(H,16,18). The molecule has 3 rings (SSSR count). The van der Waals surface area contributed by atoms with E-state index in [0.717, 1.165) is 22.9 Å². The zero-order valence-corrected chi connectivity index (χ0v) is 11.7. The Kier molecular flexibility index (Phi) is 3.78. The minimum absolute atomic E-state index is 0.00986. The molecule has 2 aromatic rings. The molecule has 3 nitrogen and oxygen atoms in total. The highest BCUT2D eigenvalue weighted by molar-refractivity contribution is 7.13. The normalized spacial score (nSPS) is 17.3. The van der Waals surface area contributed by atoms with E-state index in [-0.39, 0.29) is 5.91 Å². The second kappa shape index (κ2) is 5.70. The van der Waals surface area contributed by atoms with Crippen LogP contribution in [0, 0.1) is 0 Å². The molecule has 1 amide bonds. The second-order valence-electron chi connectivity index (χ2n) is 5.19. The summed E-state index contributed by atoms with van der Waals surface area (Å²) in [4.78, 5) is 12.3. The van der Waals surface area contributed by atoms with E-state index in [0.29, 0.717) is 11.7 Å². The molecule has 1 aliphatic rings. The van der Waals surface area contributed by atoms with E-state index in [4.69, 9.17) is 0 Å². The number of nitrogens with zero attached hydrogens (tertiary/aromatic N) is 1. The summed E-state index contributed by atoms with van der Waals surface area (Å²) in [6.07, 6.45) is 7.26. The maximum absolute atomic E-state index is 12.3. The highest BCUT2D eigenvalue weighted by Crippen LogP contribution is 2.23. The lowest BCUT2D eigenvalue weighted by atomic mass is 10.1. The maximum Gasteiger partial charge on any atom is 0.271 e. The minimum atomic E-state index is -0.00986. The van der Waals surface area contributed by atoms with Crippen LogP contribution in [-0.4, -0.2) is 16.3 Å². The van der Waals surface area contributed by atoms with Crippen molar-refractivity contribution in [3.05, 3.63) is 30.0 Å². The van der Waals surface area contributed by atoms with Crippen LogP contribution in [0.15, 0.2) is 24.3 Å². The van der Waals surface area contributed by atoms with Crippen LogP contribution in [0.2, 0.25) is 0 Å². The Labute approximate surface area is 117 Å². The van der Waals surface area contributed by atoms with Crippen molar-refractivity contribution in [1.82, 2.24) is 9.69 Å². The van der Waals surface area contributed by atoms with Crippen LogP contribution >= 0.6 is 11.5 Å². The number of rotatable bonds is 2. The summed E-state index contributed by atoms with van der Waals surface area (Å²) in [5.41, 5.74) is 0.588. The van der Waals surface area contributed by atoms with Gasteiger partial charge in [-0.25, -0.2) is 0 Å². The number of hydrogen-bond donors (Lipinski definition) is 1. The Morgan fingerprint density at radius 3 is 2.68 bits per heavy atom. The molecule has 0 aliphatic heterocycles. The van der Waals surface area contributed by atoms with E-state index >= 15 is 0 Å². The molecule has 0 unspecified atom stereocenters. The zero-order valence-electron chi connectivity index (χ0n) is 10.9. The van der Waals surface area contributed by atoms with E-state index in [2.05, 4.69) is 9.69 Å². The predicted octanol–water partition coefficient (Wildman–Crippen LogP) is 3.75. The third-order valence-corrected chi connectivity index (χ3v) is 4.61. The molecule has 1 heterocycles. The Bertz CT molecular complexity index is 570. The molecule has 1 saturated carbocycles. The van der Waals surface area contributed by atoms with Gasteiger partial charge in [-0.15, -0.1) is 0 Å². The molecular formula is C15H18N2OS. The zero-order chi connectivity index (χ0) is 13.1. The Morgan fingerprint density at radius 2 is 1.89 bits per heavy atom. The van der Waals surface area contributed by atoms with E-state index in [1.807, 2.05) is 24.3 Å². The van der Waals surface area contributed by atoms with E-state index in [1.165, 1.54) is 37.2 Å². The number of fused-ring (bicyclic) bond motifs is 1. The molecule has 1 fully saturated rings. The van der Waals surface area contributed by atoms with E-state index in [1.54, 1.807) is 0 Å². The van der Waals surface area contributed by atoms with Gasteiger partial charge >= 0.3 is 0 Å². The van der Waals surface area contributed by atoms with Crippen LogP contribution in [0.5, 0.6) is 0 Å². The first-order valence-electron chi connectivity index (χ1n) is 7.00. The van der Waals surface area contributed by atoms with Gasteiger partial charge in [0.2, 0.25) is 0 Å². The van der Waals surface area contributed by atoms with Crippen molar-refractivity contribution in [1.29, 1.82) is 0 Å². The van der Waals surface area contributed by atoms with Gasteiger partial charge in [0, 0.05) is 11.4 Å². The van der Waals surface area contributed by atoms with Crippen LogP contribution in [0.25, 0.3) is 10.1 Å². The highest BCUT2D eigenvalue weighted by atomic mass is 32.1. The molecule has 1 aromatic heterocycles. The largest absolute Gasteiger partial charge is 0.348 e. The molecule has 100 valence electrons. The van der Waals surface area contributed by atoms with Gasteiger partial charge in [-0.05, 0) is 30.4 Å². The third kappa shape index (κ3) is 2.78. The van der Waals surface area contributed by atoms with Crippen LogP contribution < -0.4 is 5.32 Å². The molecule has 19 heavy (non-hydrogen) atoms. The monoisotopic (exact) mass is 274 g/mol. The summed E-state index contributed by atoms with van der Waals surface area (Å²) >= 11 is 1.40. The van der Waals surface area contributed by atoms with Gasteiger partial charge in [0.25, 0.3) is 5.91 Å². The first-order chi connectivity index (χ1) is 9.34. The quantitative estimate of drug-likeness (QED) is 0.847. The van der Waals surface area contributed by atoms with Crippen molar-refractivity contribution in [2.45, 2.75) is 44.6 Å². The number of carbonyl (C=O) groups excluding carboxylic acids is 1. The highest BCUT2D eigenvalue weighted by Gasteiger charge is 2.19. The molecule has 1 aliphatic carbocycles. The number of carbonyl (C=O) groups is 1. The third-order valence-electron chi connectivity index (χ3n) is 3.78. The number of amides is 1. The molecule has 1 N–H and O–H groups in total. The molecular weight excluding hydrogens is 256 g/mol. The molecule has 0 bridgehead atoms. The van der Waals surface area contributed by atoms with Crippen molar-refractivity contribution in [2.75, 3.05) is 0 Å². The minimum Gasteiger partial charge on any atom is -0.348 e. The summed E-state index contributed by atoms with van der Waals surface area (Å²) in [6, 6.07) is 8.25. The fraction of sp³-hybridized carbons (Fsp3) is 0.467. The topological polar surface area (TPSA) is 42.0 Å². The lowest BCUT2D eigenvalue weighted by molar-refractivity contribution is 0.0931. The summed E-state index contributed by atoms with van der Waals surface area (Å²) in [5.74, 6) is -0.00986. The lowest BCUT2D eigenvalue weighted by Gasteiger charge is -2.15. The molecule has 0 saturated heterocycles. The Hall–Kier alpha value is -1.42. The molecule has 0 spiro atoms. The number of benzene rings is 1. The smallest absolute Gasteiger partial charge is 0.271 e. The Morgan fingerprint density at radius 1 is 1.16 bits per heavy atom. The van der Waals surface area contributed by atoms with Crippen molar-refractivity contribution in [3.8, 4) is 0 Å². The average molecular weight is 274 g/mol. The van der Waals surface area contributed by atoms with E-state index < -0.39 is 0 Å². The summed E-state index contributed by atoms with van der Waals surface area (Å²) in [7, 11) is 0. The lowest BCUT2D eigenvalue weighted by Crippen LogP contribution is -2.34. The number of nitrogens with one attached hydrogen (secondary N) is 1. The summed E-state index contributed by atoms with van der Waals surface area (Å²) in [6.45, 7) is 0. The van der Waals surface area contributed by atoms with Gasteiger partial charge in [-0.2, -0.15) is 4.37 Å². The molecule has 4 heteroatoms. The van der Waals surface area contributed by atoms with Crippen LogP contribution in [0.4, 0.5) is 0 Å². The van der Waals surface area contributed by atoms with Gasteiger partial charge in [0.05, 0.1) is 4.70 Å². The van der Waals surface area contributed by atoms with Gasteiger partial charge in [0.1, 0.15) is 5.69 Å². The van der Waals surface area contributed by atoms with Crippen molar-refractivity contribution in [2.24, 2.45) is 0 Å². The second-order valence-corrected chi connectivity index (χ2v) is 5.99. The molecule has 0 radical (unpaired) electrons. The van der Waals surface area contributed by atoms with Crippen molar-refractivity contribution in [3.63, 3.8) is 0 Å². The van der Waals surface area contributed by atoms with Gasteiger partial charge in [-0.1, -0.05) is 43.9 Å². The summed E-state index contributed by atoms with van der Waals surface area (Å²) in [5, 5.41) is 4.13. The first kappa shape index (κ1) is 12.6. The van der Waals surface area contributed by atoms with E-state index in [9.17, 15) is 4.79 Å². The summed E-state index contributed by atoms with van der Waals surface area (Å²) < 4.78 is 5.39. The number of hydrogen-bond acceptors (Lipinski definition) is 3. The number of aromatic nitrogens is 1. The van der Waals surface area contributed by atoms with Crippen molar-refractivity contribution >= 4 is 27.5 Å². The fourth-order valence-electron chi connectivity index (χ4n) is 2.73. The molecule has 1 aromatic carbocycles. The van der Waals surface area contributed by atoms with Gasteiger partial charge in [-0.3, -0.25) is 4.79 Å². The molecule has 0 atom stereocenters. The average Bonchev–Trinajstić information content (AvgIpc) is 2.70. The van der Waals surface area contributed by atoms with Crippen LogP contribution in [0.3, 0.4) is 0 Å². The van der Waals surface area contributed by atoms with Crippen LogP contribution in [0.1, 0.15) is 49.0 Å².